The number of carbonyl (C=O) groups is 2. The minimum absolute atomic E-state index is 0.0247. The first kappa shape index (κ1) is 22.7. The fraction of sp³-hybridized carbons (Fsp3) is 0.417. The molecule has 166 valence electrons. The normalized spacial score (nSPS) is 15.8. The zero-order valence-electron chi connectivity index (χ0n) is 18.2. The number of anilines is 1. The van der Waals surface area contributed by atoms with Gasteiger partial charge in [-0.1, -0.05) is 30.3 Å². The van der Waals surface area contributed by atoms with Crippen LogP contribution >= 0.6 is 0 Å². The molecule has 1 atom stereocenters. The highest BCUT2D eigenvalue weighted by atomic mass is 19.1. The van der Waals surface area contributed by atoms with Gasteiger partial charge in [0.25, 0.3) is 0 Å². The highest BCUT2D eigenvalue weighted by Crippen LogP contribution is 2.27. The van der Waals surface area contributed by atoms with Gasteiger partial charge in [0.2, 0.25) is 5.91 Å². The minimum atomic E-state index is -0.342. The van der Waals surface area contributed by atoms with E-state index in [0.717, 1.165) is 18.4 Å². The molecular formula is C24H31FN4O2. The van der Waals surface area contributed by atoms with E-state index in [9.17, 15) is 14.0 Å². The zero-order valence-corrected chi connectivity index (χ0v) is 18.2. The number of nitrogens with zero attached hydrogens (tertiary/aromatic N) is 2. The number of amides is 3. The highest BCUT2D eigenvalue weighted by Gasteiger charge is 2.33. The second-order valence-corrected chi connectivity index (χ2v) is 7.74. The molecule has 3 amide bonds. The lowest BCUT2D eigenvalue weighted by Gasteiger charge is -2.39. The van der Waals surface area contributed by atoms with Gasteiger partial charge < -0.3 is 15.5 Å². The lowest BCUT2D eigenvalue weighted by Crippen LogP contribution is -2.50. The maximum Gasteiger partial charge on any atom is 0.319 e. The molecule has 1 heterocycles. The molecule has 0 bridgehead atoms. The number of urea groups is 1. The average molecular weight is 427 g/mol. The van der Waals surface area contributed by atoms with Crippen molar-refractivity contribution < 1.29 is 14.0 Å². The molecule has 3 rings (SSSR count). The van der Waals surface area contributed by atoms with Crippen LogP contribution in [0.3, 0.4) is 0 Å². The summed E-state index contributed by atoms with van der Waals surface area (Å²) in [5.74, 6) is -0.220. The van der Waals surface area contributed by atoms with Crippen molar-refractivity contribution in [2.75, 3.05) is 31.5 Å². The molecule has 0 aliphatic carbocycles. The number of carbonyl (C=O) groups excluding carboxylic acids is 2. The Balaban J connectivity index is 1.60. The number of hydrogen-bond donors (Lipinski definition) is 2. The smallest absolute Gasteiger partial charge is 0.319 e. The average Bonchev–Trinajstić information content (AvgIpc) is 2.78. The number of nitrogens with one attached hydrogen (secondary N) is 2. The van der Waals surface area contributed by atoms with Crippen LogP contribution in [0.5, 0.6) is 0 Å². The SMILES string of the molecule is CCN(CC)C(=O)C(c1ccccc1)N1CCC(NC(=O)Nc2ccc(F)cc2)CC1. The van der Waals surface area contributed by atoms with E-state index in [1.165, 1.54) is 24.3 Å². The van der Waals surface area contributed by atoms with E-state index < -0.39 is 0 Å². The summed E-state index contributed by atoms with van der Waals surface area (Å²) in [7, 11) is 0. The van der Waals surface area contributed by atoms with Crippen LogP contribution in [0.4, 0.5) is 14.9 Å². The Kier molecular flexibility index (Phi) is 8.00. The molecule has 0 aromatic heterocycles. The molecule has 1 aliphatic heterocycles. The first-order chi connectivity index (χ1) is 15.0. The second kappa shape index (κ2) is 10.9. The van der Waals surface area contributed by atoms with E-state index >= 15 is 0 Å². The summed E-state index contributed by atoms with van der Waals surface area (Å²) in [4.78, 5) is 29.6. The monoisotopic (exact) mass is 426 g/mol. The molecule has 1 fully saturated rings. The topological polar surface area (TPSA) is 64.7 Å². The largest absolute Gasteiger partial charge is 0.342 e. The first-order valence-electron chi connectivity index (χ1n) is 10.9. The molecule has 2 aromatic rings. The Morgan fingerprint density at radius 2 is 1.65 bits per heavy atom. The summed E-state index contributed by atoms with van der Waals surface area (Å²) in [5.41, 5.74) is 1.55. The molecule has 2 N–H and O–H groups in total. The molecule has 0 radical (unpaired) electrons. The van der Waals surface area contributed by atoms with Crippen molar-refractivity contribution in [3.63, 3.8) is 0 Å². The number of hydrogen-bond acceptors (Lipinski definition) is 3. The fourth-order valence-electron chi connectivity index (χ4n) is 4.04. The third kappa shape index (κ3) is 6.04. The van der Waals surface area contributed by atoms with Crippen molar-refractivity contribution in [1.29, 1.82) is 0 Å². The van der Waals surface area contributed by atoms with Crippen LogP contribution < -0.4 is 10.6 Å². The van der Waals surface area contributed by atoms with Crippen molar-refractivity contribution in [3.8, 4) is 0 Å². The second-order valence-electron chi connectivity index (χ2n) is 7.74. The van der Waals surface area contributed by atoms with Crippen molar-refractivity contribution in [2.45, 2.75) is 38.8 Å². The third-order valence-electron chi connectivity index (χ3n) is 5.76. The Hall–Kier alpha value is -2.93. The van der Waals surface area contributed by atoms with Gasteiger partial charge in [-0.05, 0) is 56.5 Å². The van der Waals surface area contributed by atoms with Crippen LogP contribution in [-0.2, 0) is 4.79 Å². The zero-order chi connectivity index (χ0) is 22.2. The van der Waals surface area contributed by atoms with Gasteiger partial charge >= 0.3 is 6.03 Å². The third-order valence-corrected chi connectivity index (χ3v) is 5.76. The van der Waals surface area contributed by atoms with E-state index in [1.807, 2.05) is 49.1 Å². The summed E-state index contributed by atoms with van der Waals surface area (Å²) in [6, 6.07) is 15.0. The van der Waals surface area contributed by atoms with Crippen LogP contribution in [0, 0.1) is 5.82 Å². The Bertz CT molecular complexity index is 848. The lowest BCUT2D eigenvalue weighted by atomic mass is 9.98. The molecule has 1 saturated heterocycles. The molecule has 31 heavy (non-hydrogen) atoms. The standard InChI is InChI=1S/C24H31FN4O2/c1-3-28(4-2)23(30)22(18-8-6-5-7-9-18)29-16-14-21(15-17-29)27-24(31)26-20-12-10-19(25)11-13-20/h5-13,21-22H,3-4,14-17H2,1-2H3,(H2,26,27,31). The lowest BCUT2D eigenvalue weighted by molar-refractivity contribution is -0.137. The summed E-state index contributed by atoms with van der Waals surface area (Å²) >= 11 is 0. The van der Waals surface area contributed by atoms with Gasteiger partial charge in [0.05, 0.1) is 0 Å². The van der Waals surface area contributed by atoms with Gasteiger partial charge in [-0.25, -0.2) is 9.18 Å². The predicted octanol–water partition coefficient (Wildman–Crippen LogP) is 4.02. The van der Waals surface area contributed by atoms with Crippen molar-refractivity contribution in [2.24, 2.45) is 0 Å². The molecule has 0 saturated carbocycles. The summed E-state index contributed by atoms with van der Waals surface area (Å²) in [6.45, 7) is 6.79. The molecule has 1 aliphatic rings. The predicted molar refractivity (Wildman–Crippen MR) is 120 cm³/mol. The van der Waals surface area contributed by atoms with Gasteiger partial charge in [0.1, 0.15) is 11.9 Å². The molecule has 2 aromatic carbocycles. The van der Waals surface area contributed by atoms with E-state index in [2.05, 4.69) is 15.5 Å². The van der Waals surface area contributed by atoms with Gasteiger partial charge in [-0.3, -0.25) is 9.69 Å². The van der Waals surface area contributed by atoms with E-state index in [1.54, 1.807) is 0 Å². The fourth-order valence-corrected chi connectivity index (χ4v) is 4.04. The minimum Gasteiger partial charge on any atom is -0.342 e. The van der Waals surface area contributed by atoms with Crippen LogP contribution in [0.1, 0.15) is 38.3 Å². The molecular weight excluding hydrogens is 395 g/mol. The number of likely N-dealkylation sites (tertiary alicyclic amines) is 1. The van der Waals surface area contributed by atoms with E-state index in [-0.39, 0.29) is 29.8 Å². The summed E-state index contributed by atoms with van der Waals surface area (Å²) in [6.07, 6.45) is 1.51. The van der Waals surface area contributed by atoms with E-state index in [0.29, 0.717) is 31.9 Å². The van der Waals surface area contributed by atoms with Crippen molar-refractivity contribution >= 4 is 17.6 Å². The van der Waals surface area contributed by atoms with Gasteiger partial charge in [0, 0.05) is 37.9 Å². The maximum absolute atomic E-state index is 13.3. The van der Waals surface area contributed by atoms with E-state index in [4.69, 9.17) is 0 Å². The number of rotatable bonds is 7. The van der Waals surface area contributed by atoms with Crippen LogP contribution in [-0.4, -0.2) is 54.0 Å². The van der Waals surface area contributed by atoms with Gasteiger partial charge in [-0.15, -0.1) is 0 Å². The number of likely N-dealkylation sites (N-methyl/N-ethyl adjacent to an activating group) is 1. The summed E-state index contributed by atoms with van der Waals surface area (Å²) < 4.78 is 13.0. The Morgan fingerprint density at radius 3 is 2.23 bits per heavy atom. The van der Waals surface area contributed by atoms with Gasteiger partial charge in [-0.2, -0.15) is 0 Å². The van der Waals surface area contributed by atoms with Crippen LogP contribution in [0.25, 0.3) is 0 Å². The highest BCUT2D eigenvalue weighted by molar-refractivity contribution is 5.89. The molecule has 0 spiro atoms. The Labute approximate surface area is 183 Å². The number of halogens is 1. The van der Waals surface area contributed by atoms with Crippen molar-refractivity contribution in [1.82, 2.24) is 15.1 Å². The Morgan fingerprint density at radius 1 is 1.03 bits per heavy atom. The maximum atomic E-state index is 13.3. The molecule has 6 nitrogen and oxygen atoms in total. The number of piperidine rings is 1. The van der Waals surface area contributed by atoms with Crippen LogP contribution in [0.15, 0.2) is 54.6 Å². The first-order valence-corrected chi connectivity index (χ1v) is 10.9. The summed E-state index contributed by atoms with van der Waals surface area (Å²) in [5, 5.41) is 5.72. The van der Waals surface area contributed by atoms with Crippen LogP contribution in [0.2, 0.25) is 0 Å². The number of benzene rings is 2. The van der Waals surface area contributed by atoms with Crippen molar-refractivity contribution in [3.05, 3.63) is 66.0 Å². The van der Waals surface area contributed by atoms with Gasteiger partial charge in [0.15, 0.2) is 0 Å². The molecule has 1 unspecified atom stereocenters. The molecule has 7 heteroatoms. The quantitative estimate of drug-likeness (QED) is 0.703.